The lowest BCUT2D eigenvalue weighted by atomic mass is 10.1. The molecular weight excluding hydrogens is 333 g/mol. The van der Waals surface area contributed by atoms with Crippen LogP contribution in [0, 0.1) is 0 Å². The van der Waals surface area contributed by atoms with Crippen LogP contribution in [-0.2, 0) is 17.4 Å². The Hall–Kier alpha value is -2.54. The van der Waals surface area contributed by atoms with Gasteiger partial charge >= 0.3 is 6.18 Å². The van der Waals surface area contributed by atoms with Crippen LogP contribution in [0.25, 0.3) is 0 Å². The van der Waals surface area contributed by atoms with Gasteiger partial charge in [0.05, 0.1) is 19.2 Å². The minimum absolute atomic E-state index is 0.0744. The standard InChI is InChI=1S/C18H19F3N2O2/c1-25-16-4-2-3-13(11-16)9-10-22-12-17(24)23-15-7-5-14(6-8-15)18(19,20)21/h2-8,11,22H,9-10,12H2,1H3,(H,23,24). The van der Waals surface area contributed by atoms with Crippen LogP contribution in [0.4, 0.5) is 18.9 Å². The second kappa shape index (κ2) is 8.53. The van der Waals surface area contributed by atoms with Crippen LogP contribution in [0.3, 0.4) is 0 Å². The van der Waals surface area contributed by atoms with Crippen molar-refractivity contribution < 1.29 is 22.7 Å². The van der Waals surface area contributed by atoms with E-state index in [2.05, 4.69) is 10.6 Å². The van der Waals surface area contributed by atoms with E-state index in [1.807, 2.05) is 24.3 Å². The summed E-state index contributed by atoms with van der Waals surface area (Å²) in [5, 5.41) is 5.54. The minimum Gasteiger partial charge on any atom is -0.497 e. The largest absolute Gasteiger partial charge is 0.497 e. The first-order chi connectivity index (χ1) is 11.9. The molecule has 0 fully saturated rings. The minimum atomic E-state index is -4.38. The van der Waals surface area contributed by atoms with Crippen molar-refractivity contribution in [3.05, 3.63) is 59.7 Å². The summed E-state index contributed by atoms with van der Waals surface area (Å²) in [6, 6.07) is 12.0. The molecule has 2 aromatic rings. The van der Waals surface area contributed by atoms with Gasteiger partial charge in [-0.25, -0.2) is 0 Å². The highest BCUT2D eigenvalue weighted by molar-refractivity contribution is 5.92. The fourth-order valence-corrected chi connectivity index (χ4v) is 2.21. The highest BCUT2D eigenvalue weighted by Crippen LogP contribution is 2.29. The van der Waals surface area contributed by atoms with E-state index in [-0.39, 0.29) is 12.5 Å². The molecule has 0 heterocycles. The zero-order valence-corrected chi connectivity index (χ0v) is 13.7. The molecule has 134 valence electrons. The predicted octanol–water partition coefficient (Wildman–Crippen LogP) is 3.48. The number of benzene rings is 2. The zero-order chi connectivity index (χ0) is 18.3. The van der Waals surface area contributed by atoms with E-state index < -0.39 is 11.7 Å². The first-order valence-electron chi connectivity index (χ1n) is 7.69. The average Bonchev–Trinajstić information content (AvgIpc) is 2.58. The molecule has 0 radical (unpaired) electrons. The topological polar surface area (TPSA) is 50.4 Å². The molecule has 0 aliphatic heterocycles. The maximum atomic E-state index is 12.5. The van der Waals surface area contributed by atoms with E-state index in [1.54, 1.807) is 7.11 Å². The van der Waals surface area contributed by atoms with E-state index in [0.717, 1.165) is 29.9 Å². The molecule has 0 unspecified atom stereocenters. The van der Waals surface area contributed by atoms with Crippen molar-refractivity contribution in [3.8, 4) is 5.75 Å². The van der Waals surface area contributed by atoms with Crippen LogP contribution >= 0.6 is 0 Å². The third kappa shape index (κ3) is 6.11. The fourth-order valence-electron chi connectivity index (χ4n) is 2.21. The number of amides is 1. The number of nitrogens with one attached hydrogen (secondary N) is 2. The summed E-state index contributed by atoms with van der Waals surface area (Å²) in [4.78, 5) is 11.8. The van der Waals surface area contributed by atoms with Crippen molar-refractivity contribution in [2.24, 2.45) is 0 Å². The van der Waals surface area contributed by atoms with Crippen LogP contribution in [0.15, 0.2) is 48.5 Å². The second-order valence-electron chi connectivity index (χ2n) is 5.40. The summed E-state index contributed by atoms with van der Waals surface area (Å²) < 4.78 is 42.6. The lowest BCUT2D eigenvalue weighted by Crippen LogP contribution is -2.29. The number of methoxy groups -OCH3 is 1. The van der Waals surface area contributed by atoms with Gasteiger partial charge in [0, 0.05) is 5.69 Å². The smallest absolute Gasteiger partial charge is 0.416 e. The molecule has 4 nitrogen and oxygen atoms in total. The Balaban J connectivity index is 1.73. The Morgan fingerprint density at radius 1 is 1.12 bits per heavy atom. The highest BCUT2D eigenvalue weighted by atomic mass is 19.4. The van der Waals surface area contributed by atoms with Crippen LogP contribution in [0.2, 0.25) is 0 Å². The second-order valence-corrected chi connectivity index (χ2v) is 5.40. The summed E-state index contributed by atoms with van der Waals surface area (Å²) in [5.74, 6) is 0.461. The SMILES string of the molecule is COc1cccc(CCNCC(=O)Nc2ccc(C(F)(F)F)cc2)c1. The molecule has 0 aliphatic carbocycles. The van der Waals surface area contributed by atoms with Gasteiger partial charge in [-0.2, -0.15) is 13.2 Å². The lowest BCUT2D eigenvalue weighted by Gasteiger charge is -2.09. The maximum absolute atomic E-state index is 12.5. The first kappa shape index (κ1) is 18.8. The number of halogens is 3. The summed E-state index contributed by atoms with van der Waals surface area (Å²) in [7, 11) is 1.60. The number of rotatable bonds is 7. The van der Waals surface area contributed by atoms with E-state index in [9.17, 15) is 18.0 Å². The normalized spacial score (nSPS) is 11.2. The van der Waals surface area contributed by atoms with Gasteiger partial charge in [-0.15, -0.1) is 0 Å². The Kier molecular flexibility index (Phi) is 6.41. The van der Waals surface area contributed by atoms with Crippen molar-refractivity contribution in [2.75, 3.05) is 25.5 Å². The van der Waals surface area contributed by atoms with Gasteiger partial charge in [-0.05, 0) is 54.9 Å². The van der Waals surface area contributed by atoms with Crippen LogP contribution in [-0.4, -0.2) is 26.1 Å². The molecule has 0 bridgehead atoms. The van der Waals surface area contributed by atoms with Crippen LogP contribution in [0.1, 0.15) is 11.1 Å². The molecule has 0 aromatic heterocycles. The van der Waals surface area contributed by atoms with Gasteiger partial charge in [0.15, 0.2) is 0 Å². The average molecular weight is 352 g/mol. The zero-order valence-electron chi connectivity index (χ0n) is 13.7. The number of carbonyl (C=O) groups excluding carboxylic acids is 1. The van der Waals surface area contributed by atoms with Crippen molar-refractivity contribution in [2.45, 2.75) is 12.6 Å². The molecule has 25 heavy (non-hydrogen) atoms. The van der Waals surface area contributed by atoms with Gasteiger partial charge in [-0.1, -0.05) is 12.1 Å². The van der Waals surface area contributed by atoms with E-state index in [0.29, 0.717) is 12.2 Å². The Bertz CT molecular complexity index is 700. The molecule has 2 aromatic carbocycles. The molecule has 7 heteroatoms. The Morgan fingerprint density at radius 2 is 1.84 bits per heavy atom. The molecule has 2 rings (SSSR count). The van der Waals surface area contributed by atoms with Crippen molar-refractivity contribution >= 4 is 11.6 Å². The van der Waals surface area contributed by atoms with Gasteiger partial charge < -0.3 is 15.4 Å². The molecule has 0 saturated heterocycles. The molecule has 0 atom stereocenters. The molecule has 1 amide bonds. The molecule has 0 spiro atoms. The summed E-state index contributed by atoms with van der Waals surface area (Å²) in [6.07, 6.45) is -3.66. The van der Waals surface area contributed by atoms with Gasteiger partial charge in [0.25, 0.3) is 0 Å². The summed E-state index contributed by atoms with van der Waals surface area (Å²) in [6.45, 7) is 0.665. The Morgan fingerprint density at radius 3 is 2.48 bits per heavy atom. The molecule has 0 saturated carbocycles. The van der Waals surface area contributed by atoms with Gasteiger partial charge in [-0.3, -0.25) is 4.79 Å². The van der Waals surface area contributed by atoms with Gasteiger partial charge in [0.2, 0.25) is 5.91 Å². The fraction of sp³-hybridized carbons (Fsp3) is 0.278. The molecule has 0 aliphatic rings. The van der Waals surface area contributed by atoms with E-state index in [1.165, 1.54) is 12.1 Å². The number of anilines is 1. The maximum Gasteiger partial charge on any atom is 0.416 e. The number of carbonyl (C=O) groups is 1. The van der Waals surface area contributed by atoms with Crippen molar-refractivity contribution in [1.29, 1.82) is 0 Å². The number of hydrogen-bond acceptors (Lipinski definition) is 3. The van der Waals surface area contributed by atoms with Crippen LogP contribution < -0.4 is 15.4 Å². The molecule has 2 N–H and O–H groups in total. The quantitative estimate of drug-likeness (QED) is 0.750. The number of alkyl halides is 3. The third-order valence-corrected chi connectivity index (χ3v) is 3.51. The molecular formula is C18H19F3N2O2. The van der Waals surface area contributed by atoms with Crippen LogP contribution in [0.5, 0.6) is 5.75 Å². The number of hydrogen-bond donors (Lipinski definition) is 2. The summed E-state index contributed by atoms with van der Waals surface area (Å²) in [5.41, 5.74) is 0.657. The lowest BCUT2D eigenvalue weighted by molar-refractivity contribution is -0.137. The Labute approximate surface area is 144 Å². The predicted molar refractivity (Wildman–Crippen MR) is 89.6 cm³/mol. The third-order valence-electron chi connectivity index (χ3n) is 3.51. The highest BCUT2D eigenvalue weighted by Gasteiger charge is 2.29. The van der Waals surface area contributed by atoms with E-state index in [4.69, 9.17) is 4.74 Å². The van der Waals surface area contributed by atoms with Crippen molar-refractivity contribution in [3.63, 3.8) is 0 Å². The number of ether oxygens (including phenoxy) is 1. The van der Waals surface area contributed by atoms with Crippen molar-refractivity contribution in [1.82, 2.24) is 5.32 Å². The first-order valence-corrected chi connectivity index (χ1v) is 7.69. The van der Waals surface area contributed by atoms with E-state index >= 15 is 0 Å². The summed E-state index contributed by atoms with van der Waals surface area (Å²) >= 11 is 0. The van der Waals surface area contributed by atoms with Gasteiger partial charge in [0.1, 0.15) is 5.75 Å². The monoisotopic (exact) mass is 352 g/mol.